The lowest BCUT2D eigenvalue weighted by molar-refractivity contribution is -0.153. The summed E-state index contributed by atoms with van der Waals surface area (Å²) in [7, 11) is -4.36. The highest BCUT2D eigenvalue weighted by Gasteiger charge is 2.28. The van der Waals surface area contributed by atoms with Gasteiger partial charge in [0.15, 0.2) is 6.61 Å². The third kappa shape index (κ3) is 15.3. The van der Waals surface area contributed by atoms with E-state index in [0.29, 0.717) is 30.7 Å². The van der Waals surface area contributed by atoms with E-state index in [1.165, 1.54) is 24.4 Å². The maximum absolute atomic E-state index is 12.3. The minimum Gasteiger partial charge on any atom is -0.487 e. The molecule has 1 aromatic carbocycles. The number of carbonyl (C=O) groups is 1. The molecule has 0 fully saturated rings. The summed E-state index contributed by atoms with van der Waals surface area (Å²) in [6.07, 6.45) is 4.63. The van der Waals surface area contributed by atoms with Crippen LogP contribution in [-0.2, 0) is 22.4 Å². The molecule has 0 bridgehead atoms. The van der Waals surface area contributed by atoms with Gasteiger partial charge in [-0.05, 0) is 43.0 Å². The van der Waals surface area contributed by atoms with E-state index in [4.69, 9.17) is 9.47 Å². The van der Waals surface area contributed by atoms with Crippen molar-refractivity contribution in [2.45, 2.75) is 77.1 Å². The number of nitrogens with zero attached hydrogens (tertiary/aromatic N) is 1. The Morgan fingerprint density at radius 1 is 1.08 bits per heavy atom. The number of benzene rings is 1. The molecule has 3 N–H and O–H groups in total. The predicted molar refractivity (Wildman–Crippen MR) is 141 cm³/mol. The summed E-state index contributed by atoms with van der Waals surface area (Å²) in [5.74, 6) is 1.23. The Kier molecular flexibility index (Phi) is 13.5. The van der Waals surface area contributed by atoms with Gasteiger partial charge in [0, 0.05) is 30.5 Å². The van der Waals surface area contributed by atoms with Gasteiger partial charge in [0.25, 0.3) is 0 Å². The van der Waals surface area contributed by atoms with Gasteiger partial charge < -0.3 is 24.6 Å². The molecule has 8 nitrogen and oxygen atoms in total. The zero-order valence-electron chi connectivity index (χ0n) is 21.9. The molecule has 0 spiro atoms. The first-order chi connectivity index (χ1) is 18.4. The number of pyridine rings is 1. The molecule has 0 unspecified atom stereocenters. The van der Waals surface area contributed by atoms with Crippen LogP contribution in [0.5, 0.6) is 11.5 Å². The van der Waals surface area contributed by atoms with Crippen molar-refractivity contribution in [1.29, 1.82) is 0 Å². The average molecular weight is 573 g/mol. The van der Waals surface area contributed by atoms with Crippen molar-refractivity contribution >= 4 is 13.5 Å². The van der Waals surface area contributed by atoms with Crippen LogP contribution in [-0.4, -0.2) is 39.5 Å². The number of ether oxygens (including phenoxy) is 2. The molecule has 0 aliphatic heterocycles. The number of nitrogens with one attached hydrogen (secondary N) is 1. The summed E-state index contributed by atoms with van der Waals surface area (Å²) in [4.78, 5) is 34.8. The van der Waals surface area contributed by atoms with Crippen LogP contribution >= 0.6 is 7.60 Å². The molecule has 1 heterocycles. The molecule has 12 heteroatoms. The van der Waals surface area contributed by atoms with Crippen LogP contribution in [0.25, 0.3) is 0 Å². The first-order valence-electron chi connectivity index (χ1n) is 12.8. The number of aryl methyl sites for hydroxylation is 1. The fourth-order valence-electron chi connectivity index (χ4n) is 3.62. The molecule has 216 valence electrons. The van der Waals surface area contributed by atoms with Crippen molar-refractivity contribution in [1.82, 2.24) is 10.3 Å². The number of alkyl halides is 3. The Labute approximate surface area is 226 Å². The molecule has 0 radical (unpaired) electrons. The van der Waals surface area contributed by atoms with Gasteiger partial charge in [-0.2, -0.15) is 13.2 Å². The van der Waals surface area contributed by atoms with E-state index in [0.717, 1.165) is 43.5 Å². The summed E-state index contributed by atoms with van der Waals surface area (Å²) in [5, 5.41) is 2.85. The van der Waals surface area contributed by atoms with Gasteiger partial charge in [-0.1, -0.05) is 50.8 Å². The van der Waals surface area contributed by atoms with Crippen LogP contribution in [0.1, 0.15) is 63.1 Å². The minimum absolute atomic E-state index is 0.0300. The maximum Gasteiger partial charge on any atom is 0.422 e. The first-order valence-corrected chi connectivity index (χ1v) is 14.5. The normalized spacial score (nSPS) is 12.9. The molecule has 0 saturated carbocycles. The Balaban J connectivity index is 1.87. The topological polar surface area (TPSA) is 118 Å². The standard InChI is InChI=1S/C27H36F3N2O6P/c1-2-3-4-5-6-7-26(33)32-22(15-17-39(34,35)36)11-8-21-9-12-24(13-10-21)37-19-23-18-25(14-16-31-23)38-20-27(28,29)30/h9-10,12-18,22H,2-8,11,19-20H2,1H3,(H,32,33)(H2,34,35,36)/b17-15+/t22-/m1/s1. The second kappa shape index (κ2) is 16.3. The maximum atomic E-state index is 12.3. The monoisotopic (exact) mass is 572 g/mol. The Bertz CT molecular complexity index is 1090. The van der Waals surface area contributed by atoms with Gasteiger partial charge in [-0.25, -0.2) is 0 Å². The second-order valence-corrected chi connectivity index (χ2v) is 10.6. The molecule has 0 saturated heterocycles. The number of unbranched alkanes of at least 4 members (excludes halogenated alkanes) is 4. The van der Waals surface area contributed by atoms with Crippen molar-refractivity contribution in [2.24, 2.45) is 0 Å². The number of halogens is 3. The molecule has 2 rings (SSSR count). The molecule has 1 amide bonds. The van der Waals surface area contributed by atoms with Crippen molar-refractivity contribution in [3.8, 4) is 11.5 Å². The number of rotatable bonds is 17. The van der Waals surface area contributed by atoms with Crippen molar-refractivity contribution in [3.05, 3.63) is 65.7 Å². The van der Waals surface area contributed by atoms with Gasteiger partial charge >= 0.3 is 13.8 Å². The molecular weight excluding hydrogens is 536 g/mol. The molecule has 2 aromatic rings. The molecule has 39 heavy (non-hydrogen) atoms. The van der Waals surface area contributed by atoms with E-state index in [1.54, 1.807) is 12.1 Å². The summed E-state index contributed by atoms with van der Waals surface area (Å²) < 4.78 is 58.7. The van der Waals surface area contributed by atoms with Gasteiger partial charge in [-0.3, -0.25) is 14.3 Å². The molecule has 0 aliphatic rings. The molecular formula is C27H36F3N2O6P. The summed E-state index contributed by atoms with van der Waals surface area (Å²) in [6, 6.07) is 9.29. The SMILES string of the molecule is CCCCCCCC(=O)N[C@@H](/C=C/P(=O)(O)O)CCc1ccc(OCc2cc(OCC(F)(F)F)ccn2)cc1. The molecule has 0 aliphatic carbocycles. The number of hydrogen-bond donors (Lipinski definition) is 3. The van der Waals surface area contributed by atoms with Crippen LogP contribution in [0.4, 0.5) is 13.2 Å². The lowest BCUT2D eigenvalue weighted by atomic mass is 10.0. The number of carbonyl (C=O) groups excluding carboxylic acids is 1. The summed E-state index contributed by atoms with van der Waals surface area (Å²) in [6.45, 7) is 0.756. The van der Waals surface area contributed by atoms with E-state index in [1.807, 2.05) is 12.1 Å². The zero-order valence-corrected chi connectivity index (χ0v) is 22.8. The molecule has 1 atom stereocenters. The smallest absolute Gasteiger partial charge is 0.422 e. The summed E-state index contributed by atoms with van der Waals surface area (Å²) in [5.41, 5.74) is 1.32. The van der Waals surface area contributed by atoms with Crippen molar-refractivity contribution in [3.63, 3.8) is 0 Å². The van der Waals surface area contributed by atoms with Crippen LogP contribution in [0.3, 0.4) is 0 Å². The van der Waals surface area contributed by atoms with Crippen LogP contribution in [0.15, 0.2) is 54.5 Å². The predicted octanol–water partition coefficient (Wildman–Crippen LogP) is 6.07. The first kappa shape index (κ1) is 32.3. The largest absolute Gasteiger partial charge is 0.487 e. The second-order valence-electron chi connectivity index (χ2n) is 9.13. The van der Waals surface area contributed by atoms with Gasteiger partial charge in [0.1, 0.15) is 18.1 Å². The third-order valence-electron chi connectivity index (χ3n) is 5.61. The van der Waals surface area contributed by atoms with Crippen LogP contribution < -0.4 is 14.8 Å². The van der Waals surface area contributed by atoms with Crippen LogP contribution in [0.2, 0.25) is 0 Å². The van der Waals surface area contributed by atoms with Crippen molar-refractivity contribution in [2.75, 3.05) is 6.61 Å². The highest BCUT2D eigenvalue weighted by Crippen LogP contribution is 2.36. The number of aromatic nitrogens is 1. The van der Waals surface area contributed by atoms with E-state index in [-0.39, 0.29) is 18.3 Å². The highest BCUT2D eigenvalue weighted by atomic mass is 31.2. The fraction of sp³-hybridized carbons (Fsp3) is 0.481. The van der Waals surface area contributed by atoms with Gasteiger partial charge in [-0.15, -0.1) is 0 Å². The number of amides is 1. The quantitative estimate of drug-likeness (QED) is 0.156. The van der Waals surface area contributed by atoms with Crippen molar-refractivity contribution < 1.29 is 41.8 Å². The Morgan fingerprint density at radius 2 is 1.79 bits per heavy atom. The lowest BCUT2D eigenvalue weighted by Crippen LogP contribution is -2.33. The summed E-state index contributed by atoms with van der Waals surface area (Å²) >= 11 is 0. The minimum atomic E-state index is -4.43. The average Bonchev–Trinajstić information content (AvgIpc) is 2.87. The Hall–Kier alpha value is -2.88. The van der Waals surface area contributed by atoms with E-state index in [2.05, 4.69) is 17.2 Å². The van der Waals surface area contributed by atoms with Gasteiger partial charge in [0.2, 0.25) is 5.91 Å². The van der Waals surface area contributed by atoms with Gasteiger partial charge in [0.05, 0.1) is 5.69 Å². The zero-order chi connectivity index (χ0) is 28.7. The van der Waals surface area contributed by atoms with E-state index >= 15 is 0 Å². The lowest BCUT2D eigenvalue weighted by Gasteiger charge is -2.16. The highest BCUT2D eigenvalue weighted by molar-refractivity contribution is 7.55. The van der Waals surface area contributed by atoms with Crippen LogP contribution in [0, 0.1) is 0 Å². The third-order valence-corrected chi connectivity index (χ3v) is 6.17. The fourth-order valence-corrected chi connectivity index (χ4v) is 4.05. The Morgan fingerprint density at radius 3 is 2.46 bits per heavy atom. The van der Waals surface area contributed by atoms with E-state index in [9.17, 15) is 32.3 Å². The van der Waals surface area contributed by atoms with E-state index < -0.39 is 26.4 Å². The molecule has 1 aromatic heterocycles. The number of hydrogen-bond acceptors (Lipinski definition) is 5.